The molecule has 1 aliphatic rings. The first-order valence-corrected chi connectivity index (χ1v) is 7.09. The number of hydrogen-bond donors (Lipinski definition) is 0. The molecule has 0 bridgehead atoms. The highest BCUT2D eigenvalue weighted by atomic mass is 16.5. The number of morpholine rings is 1. The summed E-state index contributed by atoms with van der Waals surface area (Å²) in [6.45, 7) is 5.10. The molecule has 0 saturated carbocycles. The second-order valence-electron chi connectivity index (χ2n) is 5.10. The molecule has 1 saturated heterocycles. The summed E-state index contributed by atoms with van der Waals surface area (Å²) in [5.41, 5.74) is 3.36. The molecule has 4 heteroatoms. The Balaban J connectivity index is 2.09. The Morgan fingerprint density at radius 3 is 2.57 bits per heavy atom. The lowest BCUT2D eigenvalue weighted by Gasteiger charge is -2.28. The molecule has 2 heterocycles. The van der Waals surface area contributed by atoms with Crippen molar-refractivity contribution in [2.45, 2.75) is 6.92 Å². The van der Waals surface area contributed by atoms with Gasteiger partial charge in [-0.15, -0.1) is 0 Å². The summed E-state index contributed by atoms with van der Waals surface area (Å²) in [5.74, 6) is 0.925. The maximum absolute atomic E-state index is 9.44. The van der Waals surface area contributed by atoms with Gasteiger partial charge in [0.2, 0.25) is 0 Å². The highest BCUT2D eigenvalue weighted by Gasteiger charge is 2.17. The first-order chi connectivity index (χ1) is 10.3. The summed E-state index contributed by atoms with van der Waals surface area (Å²) in [7, 11) is 0. The van der Waals surface area contributed by atoms with Crippen molar-refractivity contribution in [2.24, 2.45) is 0 Å². The normalized spacial score (nSPS) is 14.8. The van der Waals surface area contributed by atoms with E-state index in [2.05, 4.69) is 11.0 Å². The molecule has 106 valence electrons. The van der Waals surface area contributed by atoms with Crippen LogP contribution in [0.2, 0.25) is 0 Å². The van der Waals surface area contributed by atoms with Gasteiger partial charge in [0.15, 0.2) is 0 Å². The fraction of sp³-hybridized carbons (Fsp3) is 0.294. The minimum atomic E-state index is 0.651. The predicted molar refractivity (Wildman–Crippen MR) is 82.2 cm³/mol. The highest BCUT2D eigenvalue weighted by molar-refractivity contribution is 5.70. The Morgan fingerprint density at radius 1 is 1.19 bits per heavy atom. The molecule has 2 aromatic rings. The molecule has 21 heavy (non-hydrogen) atoms. The van der Waals surface area contributed by atoms with E-state index in [0.29, 0.717) is 5.56 Å². The maximum Gasteiger partial charge on any atom is 0.129 e. The third kappa shape index (κ3) is 2.74. The quantitative estimate of drug-likeness (QED) is 0.848. The zero-order valence-electron chi connectivity index (χ0n) is 12.0. The van der Waals surface area contributed by atoms with Crippen LogP contribution in [0.3, 0.4) is 0 Å². The second-order valence-corrected chi connectivity index (χ2v) is 5.10. The van der Waals surface area contributed by atoms with E-state index >= 15 is 0 Å². The number of aromatic nitrogens is 1. The third-order valence-electron chi connectivity index (χ3n) is 3.70. The molecule has 0 N–H and O–H groups in total. The van der Waals surface area contributed by atoms with Crippen LogP contribution in [0.25, 0.3) is 11.3 Å². The van der Waals surface area contributed by atoms with E-state index in [1.165, 1.54) is 0 Å². The molecule has 4 nitrogen and oxygen atoms in total. The van der Waals surface area contributed by atoms with Crippen LogP contribution in [-0.4, -0.2) is 31.3 Å². The average Bonchev–Trinajstić information content (AvgIpc) is 2.55. The smallest absolute Gasteiger partial charge is 0.129 e. The number of nitriles is 1. The predicted octanol–water partition coefficient (Wildman–Crippen LogP) is 2.77. The molecular formula is C17H17N3O. The van der Waals surface area contributed by atoms with E-state index in [1.54, 1.807) is 0 Å². The Bertz CT molecular complexity index is 670. The Kier molecular flexibility index (Phi) is 3.85. The van der Waals surface area contributed by atoms with E-state index in [0.717, 1.165) is 48.9 Å². The molecule has 1 aromatic heterocycles. The summed E-state index contributed by atoms with van der Waals surface area (Å²) in [6, 6.07) is 14.2. The van der Waals surface area contributed by atoms with Crippen molar-refractivity contribution < 1.29 is 4.74 Å². The van der Waals surface area contributed by atoms with Crippen LogP contribution < -0.4 is 4.90 Å². The minimum absolute atomic E-state index is 0.651. The lowest BCUT2D eigenvalue weighted by atomic mass is 10.0. The topological polar surface area (TPSA) is 49.1 Å². The van der Waals surface area contributed by atoms with Gasteiger partial charge in [-0.3, -0.25) is 0 Å². The van der Waals surface area contributed by atoms with Crippen LogP contribution in [0.5, 0.6) is 0 Å². The molecule has 0 atom stereocenters. The van der Waals surface area contributed by atoms with Crippen LogP contribution in [0.1, 0.15) is 11.1 Å². The van der Waals surface area contributed by atoms with E-state index in [1.807, 2.05) is 43.3 Å². The van der Waals surface area contributed by atoms with Gasteiger partial charge in [-0.2, -0.15) is 5.26 Å². The molecule has 0 spiro atoms. The van der Waals surface area contributed by atoms with Gasteiger partial charge in [-0.1, -0.05) is 30.3 Å². The summed E-state index contributed by atoms with van der Waals surface area (Å²) in [4.78, 5) is 6.96. The summed E-state index contributed by atoms with van der Waals surface area (Å²) in [6.07, 6.45) is 0. The zero-order valence-corrected chi connectivity index (χ0v) is 12.0. The van der Waals surface area contributed by atoms with Crippen LogP contribution in [-0.2, 0) is 4.74 Å². The van der Waals surface area contributed by atoms with Crippen molar-refractivity contribution in [1.82, 2.24) is 4.98 Å². The Hall–Kier alpha value is -2.38. The number of hydrogen-bond acceptors (Lipinski definition) is 4. The number of aryl methyl sites for hydroxylation is 1. The van der Waals surface area contributed by atoms with Crippen molar-refractivity contribution in [3.05, 3.63) is 47.5 Å². The van der Waals surface area contributed by atoms with Crippen LogP contribution in [0.4, 0.5) is 5.82 Å². The van der Waals surface area contributed by atoms with E-state index in [-0.39, 0.29) is 0 Å². The molecule has 3 rings (SSSR count). The molecule has 1 aliphatic heterocycles. The molecule has 0 aliphatic carbocycles. The summed E-state index contributed by atoms with van der Waals surface area (Å²) < 4.78 is 5.39. The third-order valence-corrected chi connectivity index (χ3v) is 3.70. The van der Waals surface area contributed by atoms with Gasteiger partial charge in [0, 0.05) is 18.7 Å². The van der Waals surface area contributed by atoms with Crippen molar-refractivity contribution in [3.8, 4) is 17.3 Å². The molecule has 1 fully saturated rings. The number of nitrogens with zero attached hydrogens (tertiary/aromatic N) is 3. The molecule has 1 aromatic carbocycles. The number of rotatable bonds is 2. The first kappa shape index (κ1) is 13.6. The van der Waals surface area contributed by atoms with E-state index in [4.69, 9.17) is 9.72 Å². The van der Waals surface area contributed by atoms with Gasteiger partial charge in [0.05, 0.1) is 24.5 Å². The van der Waals surface area contributed by atoms with Gasteiger partial charge < -0.3 is 9.64 Å². The van der Waals surface area contributed by atoms with E-state index < -0.39 is 0 Å². The Morgan fingerprint density at radius 2 is 1.90 bits per heavy atom. The van der Waals surface area contributed by atoms with Crippen LogP contribution in [0.15, 0.2) is 36.4 Å². The highest BCUT2D eigenvalue weighted by Crippen LogP contribution is 2.27. The molecule has 0 amide bonds. The lowest BCUT2D eigenvalue weighted by Crippen LogP contribution is -2.36. The summed E-state index contributed by atoms with van der Waals surface area (Å²) >= 11 is 0. The SMILES string of the molecule is Cc1cc(N2CCOCC2)nc(-c2ccccc2)c1C#N. The first-order valence-electron chi connectivity index (χ1n) is 7.09. The average molecular weight is 279 g/mol. The fourth-order valence-corrected chi connectivity index (χ4v) is 2.56. The van der Waals surface area contributed by atoms with Gasteiger partial charge in [-0.05, 0) is 18.6 Å². The minimum Gasteiger partial charge on any atom is -0.378 e. The second kappa shape index (κ2) is 5.94. The monoisotopic (exact) mass is 279 g/mol. The van der Waals surface area contributed by atoms with Crippen molar-refractivity contribution >= 4 is 5.82 Å². The lowest BCUT2D eigenvalue weighted by molar-refractivity contribution is 0.122. The van der Waals surface area contributed by atoms with Crippen molar-refractivity contribution in [2.75, 3.05) is 31.2 Å². The Labute approximate surface area is 124 Å². The van der Waals surface area contributed by atoms with E-state index in [9.17, 15) is 5.26 Å². The van der Waals surface area contributed by atoms with Crippen LogP contribution >= 0.6 is 0 Å². The van der Waals surface area contributed by atoms with Crippen molar-refractivity contribution in [1.29, 1.82) is 5.26 Å². The largest absolute Gasteiger partial charge is 0.378 e. The maximum atomic E-state index is 9.44. The zero-order chi connectivity index (χ0) is 14.7. The van der Waals surface area contributed by atoms with Crippen LogP contribution in [0, 0.1) is 18.3 Å². The standard InChI is InChI=1S/C17H17N3O/c1-13-11-16(20-7-9-21-10-8-20)19-17(15(13)12-18)14-5-3-2-4-6-14/h2-6,11H,7-10H2,1H3. The number of ether oxygens (including phenoxy) is 1. The van der Waals surface area contributed by atoms with Gasteiger partial charge >= 0.3 is 0 Å². The fourth-order valence-electron chi connectivity index (χ4n) is 2.56. The molecule has 0 radical (unpaired) electrons. The molecule has 0 unspecified atom stereocenters. The van der Waals surface area contributed by atoms with Gasteiger partial charge in [-0.25, -0.2) is 4.98 Å². The molecular weight excluding hydrogens is 262 g/mol. The summed E-state index contributed by atoms with van der Waals surface area (Å²) in [5, 5.41) is 9.44. The number of benzene rings is 1. The van der Waals surface area contributed by atoms with Crippen molar-refractivity contribution in [3.63, 3.8) is 0 Å². The number of pyridine rings is 1. The van der Waals surface area contributed by atoms with Gasteiger partial charge in [0.25, 0.3) is 0 Å². The number of anilines is 1. The van der Waals surface area contributed by atoms with Gasteiger partial charge in [0.1, 0.15) is 11.9 Å².